The molecule has 0 bridgehead atoms. The second-order valence-electron chi connectivity index (χ2n) is 5.23. The van der Waals surface area contributed by atoms with E-state index < -0.39 is 0 Å². The van der Waals surface area contributed by atoms with Gasteiger partial charge in [0.15, 0.2) is 0 Å². The highest BCUT2D eigenvalue weighted by molar-refractivity contribution is 5.18. The van der Waals surface area contributed by atoms with Crippen LogP contribution in [0.1, 0.15) is 44.7 Å². The highest BCUT2D eigenvalue weighted by Gasteiger charge is 2.12. The van der Waals surface area contributed by atoms with E-state index in [1.54, 1.807) is 0 Å². The molecule has 1 atom stereocenters. The molecule has 20 heavy (non-hydrogen) atoms. The Bertz CT molecular complexity index is 329. The third-order valence-corrected chi connectivity index (χ3v) is 3.63. The SMILES string of the molecule is CCCCN(CCO)CCC(NCC)c1ccccc1. The Morgan fingerprint density at radius 2 is 1.85 bits per heavy atom. The van der Waals surface area contributed by atoms with Gasteiger partial charge in [0, 0.05) is 19.1 Å². The molecule has 0 amide bonds. The summed E-state index contributed by atoms with van der Waals surface area (Å²) >= 11 is 0. The molecule has 1 aromatic carbocycles. The summed E-state index contributed by atoms with van der Waals surface area (Å²) in [6.07, 6.45) is 3.50. The molecule has 1 aromatic rings. The standard InChI is InChI=1S/C17H30N2O/c1-3-5-12-19(14-15-20)13-11-17(18-4-2)16-9-7-6-8-10-16/h6-10,17-18,20H,3-5,11-15H2,1-2H3. The smallest absolute Gasteiger partial charge is 0.0558 e. The van der Waals surface area contributed by atoms with Crippen molar-refractivity contribution in [1.82, 2.24) is 10.2 Å². The normalized spacial score (nSPS) is 12.8. The third kappa shape index (κ3) is 6.51. The highest BCUT2D eigenvalue weighted by atomic mass is 16.3. The van der Waals surface area contributed by atoms with Gasteiger partial charge in [0.2, 0.25) is 0 Å². The van der Waals surface area contributed by atoms with Crippen LogP contribution in [-0.4, -0.2) is 42.8 Å². The van der Waals surface area contributed by atoms with Crippen LogP contribution < -0.4 is 5.32 Å². The van der Waals surface area contributed by atoms with Gasteiger partial charge < -0.3 is 15.3 Å². The van der Waals surface area contributed by atoms with Crippen LogP contribution in [0.2, 0.25) is 0 Å². The van der Waals surface area contributed by atoms with Gasteiger partial charge in [0.05, 0.1) is 6.61 Å². The summed E-state index contributed by atoms with van der Waals surface area (Å²) in [5, 5.41) is 12.7. The van der Waals surface area contributed by atoms with E-state index >= 15 is 0 Å². The lowest BCUT2D eigenvalue weighted by molar-refractivity contribution is 0.187. The monoisotopic (exact) mass is 278 g/mol. The molecule has 0 heterocycles. The van der Waals surface area contributed by atoms with E-state index in [1.807, 2.05) is 0 Å². The summed E-state index contributed by atoms with van der Waals surface area (Å²) in [5.41, 5.74) is 1.36. The second kappa shape index (κ2) is 10.8. The number of hydrogen-bond donors (Lipinski definition) is 2. The summed E-state index contributed by atoms with van der Waals surface area (Å²) in [4.78, 5) is 2.37. The van der Waals surface area contributed by atoms with E-state index in [9.17, 15) is 0 Å². The lowest BCUT2D eigenvalue weighted by Gasteiger charge is -2.25. The molecule has 0 aliphatic rings. The van der Waals surface area contributed by atoms with Gasteiger partial charge in [-0.25, -0.2) is 0 Å². The van der Waals surface area contributed by atoms with Gasteiger partial charge in [-0.3, -0.25) is 0 Å². The van der Waals surface area contributed by atoms with E-state index in [0.29, 0.717) is 6.04 Å². The molecular weight excluding hydrogens is 248 g/mol. The molecular formula is C17H30N2O. The lowest BCUT2D eigenvalue weighted by Crippen LogP contribution is -2.32. The third-order valence-electron chi connectivity index (χ3n) is 3.63. The maximum absolute atomic E-state index is 9.16. The van der Waals surface area contributed by atoms with Crippen LogP contribution in [0.5, 0.6) is 0 Å². The number of nitrogens with one attached hydrogen (secondary N) is 1. The number of benzene rings is 1. The van der Waals surface area contributed by atoms with Crippen LogP contribution in [0.4, 0.5) is 0 Å². The first-order valence-corrected chi connectivity index (χ1v) is 7.93. The summed E-state index contributed by atoms with van der Waals surface area (Å²) in [6, 6.07) is 11.0. The molecule has 0 fully saturated rings. The second-order valence-corrected chi connectivity index (χ2v) is 5.23. The van der Waals surface area contributed by atoms with E-state index in [1.165, 1.54) is 18.4 Å². The number of hydrogen-bond acceptors (Lipinski definition) is 3. The van der Waals surface area contributed by atoms with Crippen LogP contribution in [0, 0.1) is 0 Å². The van der Waals surface area contributed by atoms with Crippen LogP contribution >= 0.6 is 0 Å². The maximum Gasteiger partial charge on any atom is 0.0558 e. The number of unbranched alkanes of at least 4 members (excludes halogenated alkanes) is 1. The lowest BCUT2D eigenvalue weighted by atomic mass is 10.0. The average Bonchev–Trinajstić information content (AvgIpc) is 2.49. The fraction of sp³-hybridized carbons (Fsp3) is 0.647. The molecule has 0 spiro atoms. The summed E-state index contributed by atoms with van der Waals surface area (Å²) in [6.45, 7) is 8.50. The minimum Gasteiger partial charge on any atom is -0.395 e. The minimum absolute atomic E-state index is 0.251. The molecule has 0 aliphatic heterocycles. The zero-order valence-electron chi connectivity index (χ0n) is 13.0. The zero-order valence-corrected chi connectivity index (χ0v) is 13.0. The van der Waals surface area contributed by atoms with Crippen molar-refractivity contribution in [1.29, 1.82) is 0 Å². The van der Waals surface area contributed by atoms with Crippen molar-refractivity contribution >= 4 is 0 Å². The largest absolute Gasteiger partial charge is 0.395 e. The van der Waals surface area contributed by atoms with Crippen molar-refractivity contribution in [2.75, 3.05) is 32.8 Å². The molecule has 0 saturated carbocycles. The fourth-order valence-electron chi connectivity index (χ4n) is 2.49. The molecule has 3 heteroatoms. The van der Waals surface area contributed by atoms with E-state index in [2.05, 4.69) is 54.4 Å². The summed E-state index contributed by atoms with van der Waals surface area (Å²) in [5.74, 6) is 0. The Balaban J connectivity index is 2.51. The molecule has 0 aliphatic carbocycles. The van der Waals surface area contributed by atoms with Crippen molar-refractivity contribution < 1.29 is 5.11 Å². The van der Waals surface area contributed by atoms with Gasteiger partial charge in [-0.2, -0.15) is 0 Å². The Morgan fingerprint density at radius 1 is 1.10 bits per heavy atom. The zero-order chi connectivity index (χ0) is 14.6. The Morgan fingerprint density at radius 3 is 2.45 bits per heavy atom. The Labute approximate surface area is 124 Å². The van der Waals surface area contributed by atoms with Crippen LogP contribution in [-0.2, 0) is 0 Å². The quantitative estimate of drug-likeness (QED) is 0.653. The summed E-state index contributed by atoms with van der Waals surface area (Å²) < 4.78 is 0. The van der Waals surface area contributed by atoms with Crippen LogP contribution in [0.3, 0.4) is 0 Å². The number of aliphatic hydroxyl groups excluding tert-OH is 1. The van der Waals surface area contributed by atoms with Crippen molar-refractivity contribution in [3.8, 4) is 0 Å². The molecule has 0 saturated heterocycles. The molecule has 1 unspecified atom stereocenters. The molecule has 2 N–H and O–H groups in total. The first-order chi connectivity index (χ1) is 9.81. The molecule has 1 rings (SSSR count). The molecule has 0 aromatic heterocycles. The maximum atomic E-state index is 9.16. The Kier molecular flexibility index (Phi) is 9.29. The van der Waals surface area contributed by atoms with Crippen molar-refractivity contribution in [2.45, 2.75) is 39.2 Å². The first kappa shape index (κ1) is 17.2. The first-order valence-electron chi connectivity index (χ1n) is 7.93. The predicted octanol–water partition coefficient (Wildman–Crippen LogP) is 2.82. The topological polar surface area (TPSA) is 35.5 Å². The molecule has 0 radical (unpaired) electrons. The van der Waals surface area contributed by atoms with Gasteiger partial charge in [0.25, 0.3) is 0 Å². The Hall–Kier alpha value is -0.900. The van der Waals surface area contributed by atoms with Crippen molar-refractivity contribution in [3.63, 3.8) is 0 Å². The van der Waals surface area contributed by atoms with Crippen molar-refractivity contribution in [3.05, 3.63) is 35.9 Å². The average molecular weight is 278 g/mol. The van der Waals surface area contributed by atoms with E-state index in [-0.39, 0.29) is 6.61 Å². The molecule has 3 nitrogen and oxygen atoms in total. The number of nitrogens with zero attached hydrogens (tertiary/aromatic N) is 1. The number of rotatable bonds is 11. The predicted molar refractivity (Wildman–Crippen MR) is 85.9 cm³/mol. The van der Waals surface area contributed by atoms with Gasteiger partial charge in [-0.1, -0.05) is 50.6 Å². The van der Waals surface area contributed by atoms with Gasteiger partial charge >= 0.3 is 0 Å². The van der Waals surface area contributed by atoms with Crippen LogP contribution in [0.25, 0.3) is 0 Å². The van der Waals surface area contributed by atoms with Gasteiger partial charge in [-0.05, 0) is 31.5 Å². The van der Waals surface area contributed by atoms with E-state index in [0.717, 1.165) is 32.6 Å². The summed E-state index contributed by atoms with van der Waals surface area (Å²) in [7, 11) is 0. The number of aliphatic hydroxyl groups is 1. The molecule has 114 valence electrons. The van der Waals surface area contributed by atoms with Crippen molar-refractivity contribution in [2.24, 2.45) is 0 Å². The van der Waals surface area contributed by atoms with E-state index in [4.69, 9.17) is 5.11 Å². The minimum atomic E-state index is 0.251. The van der Waals surface area contributed by atoms with Gasteiger partial charge in [0.1, 0.15) is 0 Å². The fourth-order valence-corrected chi connectivity index (χ4v) is 2.49. The van der Waals surface area contributed by atoms with Gasteiger partial charge in [-0.15, -0.1) is 0 Å². The van der Waals surface area contributed by atoms with Crippen LogP contribution in [0.15, 0.2) is 30.3 Å². The highest BCUT2D eigenvalue weighted by Crippen LogP contribution is 2.17.